The fraction of sp³-hybridized carbons (Fsp3) is 0.882. The fourth-order valence-electron chi connectivity index (χ4n) is 2.66. The molecule has 0 saturated heterocycles. The van der Waals surface area contributed by atoms with Gasteiger partial charge < -0.3 is 17.2 Å². The van der Waals surface area contributed by atoms with Crippen molar-refractivity contribution >= 4 is 11.9 Å². The average Bonchev–Trinajstić information content (AvgIpc) is 2.46. The number of aliphatic imine (C=N–C) groups is 1. The van der Waals surface area contributed by atoms with Crippen LogP contribution < -0.4 is 17.2 Å². The van der Waals surface area contributed by atoms with Crippen molar-refractivity contribution in [3.8, 4) is 0 Å². The van der Waals surface area contributed by atoms with E-state index >= 15 is 0 Å². The number of hydrogen-bond acceptors (Lipinski definition) is 2. The van der Waals surface area contributed by atoms with Crippen LogP contribution >= 0.6 is 0 Å². The topological polar surface area (TPSA) is 107 Å². The third-order valence-corrected chi connectivity index (χ3v) is 4.06. The third kappa shape index (κ3) is 13.7. The van der Waals surface area contributed by atoms with Gasteiger partial charge in [-0.15, -0.1) is 0 Å². The Morgan fingerprint density at radius 1 is 0.818 bits per heavy atom. The molecule has 0 aliphatic heterocycles. The summed E-state index contributed by atoms with van der Waals surface area (Å²) < 4.78 is 0. The van der Waals surface area contributed by atoms with Crippen LogP contribution in [-0.2, 0) is 4.79 Å². The summed E-state index contributed by atoms with van der Waals surface area (Å²) >= 11 is 0. The van der Waals surface area contributed by atoms with Gasteiger partial charge in [-0.25, -0.2) is 0 Å². The van der Waals surface area contributed by atoms with Gasteiger partial charge in [-0.1, -0.05) is 64.7 Å². The van der Waals surface area contributed by atoms with Crippen LogP contribution in [0.25, 0.3) is 0 Å². The van der Waals surface area contributed by atoms with E-state index in [1.54, 1.807) is 0 Å². The summed E-state index contributed by atoms with van der Waals surface area (Å²) in [6.45, 7) is 2.87. The van der Waals surface area contributed by atoms with Crippen LogP contribution in [-0.4, -0.2) is 18.4 Å². The maximum atomic E-state index is 11.5. The Bertz CT molecular complexity index is 301. The van der Waals surface area contributed by atoms with Gasteiger partial charge in [0.15, 0.2) is 5.96 Å². The zero-order valence-corrected chi connectivity index (χ0v) is 14.4. The Morgan fingerprint density at radius 3 is 1.82 bits per heavy atom. The lowest BCUT2D eigenvalue weighted by Gasteiger charge is -2.12. The van der Waals surface area contributed by atoms with E-state index in [1.165, 1.54) is 44.9 Å². The van der Waals surface area contributed by atoms with Gasteiger partial charge in [0.05, 0.1) is 0 Å². The number of hydrogen-bond donors (Lipinski definition) is 3. The molecule has 0 heterocycles. The van der Waals surface area contributed by atoms with Crippen LogP contribution in [0.15, 0.2) is 4.99 Å². The minimum atomic E-state index is -0.162. The first-order chi connectivity index (χ1) is 10.6. The van der Waals surface area contributed by atoms with E-state index in [-0.39, 0.29) is 17.8 Å². The number of unbranched alkanes of at least 4 members (excludes halogenated alkanes) is 8. The molecule has 0 rings (SSSR count). The van der Waals surface area contributed by atoms with Crippen molar-refractivity contribution in [3.63, 3.8) is 0 Å². The van der Waals surface area contributed by atoms with E-state index in [0.29, 0.717) is 6.54 Å². The van der Waals surface area contributed by atoms with Crippen molar-refractivity contribution in [3.05, 3.63) is 0 Å². The van der Waals surface area contributed by atoms with Crippen molar-refractivity contribution in [2.75, 3.05) is 6.54 Å². The van der Waals surface area contributed by atoms with Crippen LogP contribution in [0.1, 0.15) is 84.0 Å². The van der Waals surface area contributed by atoms with Crippen molar-refractivity contribution in [1.82, 2.24) is 0 Å². The summed E-state index contributed by atoms with van der Waals surface area (Å²) in [7, 11) is 0. The SMILES string of the molecule is CCCCCCCCCCC(CCCCN=C(N)N)C(N)=O. The molecule has 0 aromatic rings. The zero-order valence-electron chi connectivity index (χ0n) is 14.4. The first-order valence-electron chi connectivity index (χ1n) is 8.92. The van der Waals surface area contributed by atoms with Crippen molar-refractivity contribution in [2.24, 2.45) is 28.1 Å². The van der Waals surface area contributed by atoms with Gasteiger partial charge >= 0.3 is 0 Å². The van der Waals surface area contributed by atoms with Crippen LogP contribution in [0.3, 0.4) is 0 Å². The maximum absolute atomic E-state index is 11.5. The molecule has 0 spiro atoms. The Kier molecular flexibility index (Phi) is 13.8. The highest BCUT2D eigenvalue weighted by Crippen LogP contribution is 2.18. The molecule has 0 aromatic heterocycles. The summed E-state index contributed by atoms with van der Waals surface area (Å²) in [6.07, 6.45) is 13.9. The van der Waals surface area contributed by atoms with Crippen molar-refractivity contribution in [1.29, 1.82) is 0 Å². The van der Waals surface area contributed by atoms with Crippen LogP contribution in [0.5, 0.6) is 0 Å². The standard InChI is InChI=1S/C17H36N4O/c1-2-3-4-5-6-7-8-9-12-15(16(18)22)13-10-11-14-21-17(19)20/h15H,2-14H2,1H3,(H2,18,22)(H4,19,20,21). The second kappa shape index (κ2) is 14.7. The predicted octanol–water partition coefficient (Wildman–Crippen LogP) is 3.06. The van der Waals surface area contributed by atoms with E-state index < -0.39 is 0 Å². The number of nitrogens with zero attached hydrogens (tertiary/aromatic N) is 1. The molecule has 0 fully saturated rings. The molecular weight excluding hydrogens is 276 g/mol. The normalized spacial score (nSPS) is 12.0. The van der Waals surface area contributed by atoms with Gasteiger partial charge in [0, 0.05) is 12.5 Å². The monoisotopic (exact) mass is 312 g/mol. The van der Waals surface area contributed by atoms with Gasteiger partial charge in [-0.3, -0.25) is 9.79 Å². The quantitative estimate of drug-likeness (QED) is 0.246. The van der Waals surface area contributed by atoms with Crippen LogP contribution in [0, 0.1) is 5.92 Å². The van der Waals surface area contributed by atoms with E-state index in [1.807, 2.05) is 0 Å². The average molecular weight is 313 g/mol. The summed E-state index contributed by atoms with van der Waals surface area (Å²) in [5.74, 6) is -0.0190. The molecule has 22 heavy (non-hydrogen) atoms. The molecule has 0 aliphatic carbocycles. The lowest BCUT2D eigenvalue weighted by Crippen LogP contribution is -2.24. The summed E-state index contributed by atoms with van der Waals surface area (Å²) in [6, 6.07) is 0. The molecule has 1 unspecified atom stereocenters. The minimum absolute atomic E-state index is 0.0132. The lowest BCUT2D eigenvalue weighted by molar-refractivity contribution is -0.122. The molecule has 5 nitrogen and oxygen atoms in total. The smallest absolute Gasteiger partial charge is 0.220 e. The molecule has 1 amide bonds. The summed E-state index contributed by atoms with van der Waals surface area (Å²) in [5, 5.41) is 0. The van der Waals surface area contributed by atoms with Gasteiger partial charge in [0.1, 0.15) is 0 Å². The zero-order chi connectivity index (χ0) is 16.6. The molecular formula is C17H36N4O. The highest BCUT2D eigenvalue weighted by molar-refractivity contribution is 5.76. The number of carbonyl (C=O) groups excluding carboxylic acids is 1. The maximum Gasteiger partial charge on any atom is 0.220 e. The Morgan fingerprint density at radius 2 is 1.32 bits per heavy atom. The molecule has 130 valence electrons. The Balaban J connectivity index is 3.60. The Hall–Kier alpha value is -1.26. The summed E-state index contributed by atoms with van der Waals surface area (Å²) in [5.41, 5.74) is 16.0. The number of nitrogens with two attached hydrogens (primary N) is 3. The second-order valence-corrected chi connectivity index (χ2v) is 6.17. The largest absolute Gasteiger partial charge is 0.370 e. The van der Waals surface area contributed by atoms with Gasteiger partial charge in [0.2, 0.25) is 5.91 Å². The molecule has 6 N–H and O–H groups in total. The van der Waals surface area contributed by atoms with Gasteiger partial charge in [-0.05, 0) is 19.3 Å². The molecule has 0 radical (unpaired) electrons. The fourth-order valence-corrected chi connectivity index (χ4v) is 2.66. The highest BCUT2D eigenvalue weighted by Gasteiger charge is 2.14. The molecule has 0 saturated carbocycles. The number of carbonyl (C=O) groups is 1. The summed E-state index contributed by atoms with van der Waals surface area (Å²) in [4.78, 5) is 15.4. The van der Waals surface area contributed by atoms with E-state index in [4.69, 9.17) is 17.2 Å². The lowest BCUT2D eigenvalue weighted by atomic mass is 9.94. The van der Waals surface area contributed by atoms with E-state index in [2.05, 4.69) is 11.9 Å². The third-order valence-electron chi connectivity index (χ3n) is 4.06. The van der Waals surface area contributed by atoms with Gasteiger partial charge in [-0.2, -0.15) is 0 Å². The number of rotatable bonds is 15. The van der Waals surface area contributed by atoms with E-state index in [9.17, 15) is 4.79 Å². The molecule has 0 bridgehead atoms. The molecule has 0 aromatic carbocycles. The molecule has 5 heteroatoms. The van der Waals surface area contributed by atoms with Crippen LogP contribution in [0.4, 0.5) is 0 Å². The van der Waals surface area contributed by atoms with Gasteiger partial charge in [0.25, 0.3) is 0 Å². The van der Waals surface area contributed by atoms with Crippen LogP contribution in [0.2, 0.25) is 0 Å². The van der Waals surface area contributed by atoms with Crippen molar-refractivity contribution < 1.29 is 4.79 Å². The minimum Gasteiger partial charge on any atom is -0.370 e. The second-order valence-electron chi connectivity index (χ2n) is 6.17. The van der Waals surface area contributed by atoms with Crippen molar-refractivity contribution in [2.45, 2.75) is 84.0 Å². The Labute approximate surface area is 136 Å². The first-order valence-corrected chi connectivity index (χ1v) is 8.92. The number of amides is 1. The van der Waals surface area contributed by atoms with E-state index in [0.717, 1.165) is 32.1 Å². The molecule has 0 aliphatic rings. The molecule has 1 atom stereocenters. The first kappa shape index (κ1) is 20.7. The highest BCUT2D eigenvalue weighted by atomic mass is 16.1. The number of primary amides is 1. The predicted molar refractivity (Wildman–Crippen MR) is 94.4 cm³/mol. The number of guanidine groups is 1.